The molecule has 1 N–H and O–H groups in total. The summed E-state index contributed by atoms with van der Waals surface area (Å²) in [4.78, 5) is 28.4. The zero-order valence-corrected chi connectivity index (χ0v) is 17.5. The van der Waals surface area contributed by atoms with Crippen LogP contribution in [-0.4, -0.2) is 80.2 Å². The summed E-state index contributed by atoms with van der Waals surface area (Å²) in [5.74, 6) is 3.86. The van der Waals surface area contributed by atoms with Crippen molar-refractivity contribution in [1.82, 2.24) is 34.9 Å². The Hall–Kier alpha value is -2.42. The van der Waals surface area contributed by atoms with E-state index in [1.54, 1.807) is 6.26 Å². The monoisotopic (exact) mass is 411 g/mol. The molecule has 4 fully saturated rings. The summed E-state index contributed by atoms with van der Waals surface area (Å²) in [5.41, 5.74) is 1.28. The van der Waals surface area contributed by atoms with Gasteiger partial charge in [-0.25, -0.2) is 14.8 Å². The number of carbonyl (C=O) groups excluding carboxylic acids is 1. The number of carbonyl (C=O) groups is 1. The van der Waals surface area contributed by atoms with Crippen LogP contribution < -0.4 is 0 Å². The number of likely N-dealkylation sites (tertiary alicyclic amines) is 1. The van der Waals surface area contributed by atoms with E-state index in [9.17, 15) is 4.79 Å². The molecule has 2 aliphatic carbocycles. The molecule has 0 aromatic carbocycles. The maximum Gasteiger partial charge on any atom is 0.320 e. The Kier molecular flexibility index (Phi) is 4.16. The Labute approximate surface area is 175 Å². The minimum Gasteiger partial charge on any atom is -0.449 e. The lowest BCUT2D eigenvalue weighted by atomic mass is 9.57. The number of hydrogen-bond acceptors (Lipinski definition) is 6. The van der Waals surface area contributed by atoms with Crippen LogP contribution >= 0.6 is 0 Å². The second kappa shape index (κ2) is 6.80. The number of nitrogens with one attached hydrogen (secondary N) is 1. The number of rotatable bonds is 4. The molecular weight excluding hydrogens is 382 g/mol. The van der Waals surface area contributed by atoms with Gasteiger partial charge in [-0.05, 0) is 25.7 Å². The van der Waals surface area contributed by atoms with Gasteiger partial charge in [0.15, 0.2) is 11.7 Å². The molecule has 2 aromatic heterocycles. The molecule has 0 bridgehead atoms. The van der Waals surface area contributed by atoms with Gasteiger partial charge < -0.3 is 14.2 Å². The fourth-order valence-corrected chi connectivity index (χ4v) is 5.34. The van der Waals surface area contributed by atoms with Crippen LogP contribution in [0.25, 0.3) is 0 Å². The maximum atomic E-state index is 12.9. The van der Waals surface area contributed by atoms with Crippen LogP contribution in [0.4, 0.5) is 4.79 Å². The highest BCUT2D eigenvalue weighted by Gasteiger charge is 2.55. The third-order valence-electron chi connectivity index (χ3n) is 7.23. The average molecular weight is 412 g/mol. The molecule has 0 unspecified atom stereocenters. The number of aromatic nitrogens is 4. The molecule has 30 heavy (non-hydrogen) atoms. The first kappa shape index (κ1) is 18.4. The van der Waals surface area contributed by atoms with Crippen molar-refractivity contribution in [2.45, 2.75) is 51.0 Å². The fraction of sp³-hybridized carbons (Fsp3) is 0.714. The highest BCUT2D eigenvalue weighted by molar-refractivity contribution is 5.75. The van der Waals surface area contributed by atoms with Crippen molar-refractivity contribution < 1.29 is 9.21 Å². The molecule has 9 nitrogen and oxygen atoms in total. The number of aryl methyl sites for hydroxylation is 1. The first-order chi connectivity index (χ1) is 14.6. The van der Waals surface area contributed by atoms with Gasteiger partial charge in [-0.1, -0.05) is 0 Å². The third-order valence-corrected chi connectivity index (χ3v) is 7.23. The van der Waals surface area contributed by atoms with E-state index in [1.165, 1.54) is 12.8 Å². The van der Waals surface area contributed by atoms with E-state index in [4.69, 9.17) is 9.40 Å². The quantitative estimate of drug-likeness (QED) is 0.828. The van der Waals surface area contributed by atoms with Crippen LogP contribution in [0.15, 0.2) is 10.7 Å². The molecule has 2 saturated heterocycles. The molecule has 2 aliphatic heterocycles. The highest BCUT2D eigenvalue weighted by Crippen LogP contribution is 2.55. The number of hydrogen-bond donors (Lipinski definition) is 1. The van der Waals surface area contributed by atoms with Gasteiger partial charge in [0, 0.05) is 70.0 Å². The van der Waals surface area contributed by atoms with Crippen LogP contribution in [0, 0.1) is 12.3 Å². The standard InChI is InChI=1S/C21H29N7O2/c1-14-22-17(11-30-14)10-26-4-6-27(7-5-26)20(29)28-12-21(13-28)8-16(9-21)19-23-18(24-25-19)15-2-3-15/h11,15-16H,2-10,12-13H2,1H3,(H,23,24,25). The molecule has 6 rings (SSSR count). The molecular formula is C21H29N7O2. The normalized spacial score (nSPS) is 24.2. The summed E-state index contributed by atoms with van der Waals surface area (Å²) in [6, 6.07) is 0.205. The molecule has 0 radical (unpaired) electrons. The number of oxazole rings is 1. The van der Waals surface area contributed by atoms with E-state index in [1.807, 2.05) is 16.7 Å². The van der Waals surface area contributed by atoms with Gasteiger partial charge in [0.05, 0.1) is 5.69 Å². The van der Waals surface area contributed by atoms with E-state index in [0.717, 1.165) is 76.0 Å². The summed E-state index contributed by atoms with van der Waals surface area (Å²) in [5, 5.41) is 7.55. The third kappa shape index (κ3) is 3.29. The van der Waals surface area contributed by atoms with Crippen LogP contribution in [-0.2, 0) is 6.54 Å². The van der Waals surface area contributed by atoms with Crippen LogP contribution in [0.3, 0.4) is 0 Å². The molecule has 1 spiro atoms. The minimum atomic E-state index is 0.205. The molecule has 9 heteroatoms. The second-order valence-electron chi connectivity index (χ2n) is 9.72. The van der Waals surface area contributed by atoms with E-state index in [-0.39, 0.29) is 6.03 Å². The van der Waals surface area contributed by atoms with Crippen molar-refractivity contribution in [1.29, 1.82) is 0 Å². The lowest BCUT2D eigenvalue weighted by Gasteiger charge is -2.59. The van der Waals surface area contributed by atoms with Crippen molar-refractivity contribution in [2.75, 3.05) is 39.3 Å². The number of amides is 2. The number of piperazine rings is 1. The molecule has 2 aromatic rings. The number of H-pyrrole nitrogens is 1. The lowest BCUT2D eigenvalue weighted by molar-refractivity contribution is -0.0581. The molecule has 160 valence electrons. The minimum absolute atomic E-state index is 0.205. The summed E-state index contributed by atoms with van der Waals surface area (Å²) >= 11 is 0. The van der Waals surface area contributed by atoms with Gasteiger partial charge in [0.2, 0.25) is 0 Å². The van der Waals surface area contributed by atoms with E-state index >= 15 is 0 Å². The number of aromatic amines is 1. The Bertz CT molecular complexity index is 927. The van der Waals surface area contributed by atoms with Gasteiger partial charge in [-0.15, -0.1) is 0 Å². The van der Waals surface area contributed by atoms with Gasteiger partial charge in [-0.3, -0.25) is 10.00 Å². The average Bonchev–Trinajstić information content (AvgIpc) is 3.28. The van der Waals surface area contributed by atoms with E-state index in [2.05, 4.69) is 20.1 Å². The van der Waals surface area contributed by atoms with Crippen molar-refractivity contribution in [3.05, 3.63) is 29.5 Å². The van der Waals surface area contributed by atoms with E-state index in [0.29, 0.717) is 23.1 Å². The van der Waals surface area contributed by atoms with Crippen molar-refractivity contribution >= 4 is 6.03 Å². The van der Waals surface area contributed by atoms with Crippen molar-refractivity contribution in [2.24, 2.45) is 5.41 Å². The zero-order valence-electron chi connectivity index (χ0n) is 17.5. The Morgan fingerprint density at radius 3 is 2.57 bits per heavy atom. The zero-order chi connectivity index (χ0) is 20.3. The van der Waals surface area contributed by atoms with Crippen LogP contribution in [0.1, 0.15) is 60.8 Å². The van der Waals surface area contributed by atoms with Crippen molar-refractivity contribution in [3.63, 3.8) is 0 Å². The topological polar surface area (TPSA) is 94.4 Å². The van der Waals surface area contributed by atoms with E-state index < -0.39 is 0 Å². The van der Waals surface area contributed by atoms with Gasteiger partial charge in [-0.2, -0.15) is 5.10 Å². The predicted molar refractivity (Wildman–Crippen MR) is 108 cm³/mol. The van der Waals surface area contributed by atoms with Crippen LogP contribution in [0.2, 0.25) is 0 Å². The smallest absolute Gasteiger partial charge is 0.320 e. The first-order valence-electron chi connectivity index (χ1n) is 11.2. The largest absolute Gasteiger partial charge is 0.449 e. The predicted octanol–water partition coefficient (Wildman–Crippen LogP) is 2.10. The summed E-state index contributed by atoms with van der Waals surface area (Å²) < 4.78 is 5.29. The maximum absolute atomic E-state index is 12.9. The molecule has 2 amide bonds. The molecule has 4 aliphatic rings. The Balaban J connectivity index is 0.954. The number of urea groups is 1. The molecule has 0 atom stereocenters. The van der Waals surface area contributed by atoms with Gasteiger partial charge >= 0.3 is 6.03 Å². The lowest BCUT2D eigenvalue weighted by Crippen LogP contribution is -2.66. The Morgan fingerprint density at radius 1 is 1.13 bits per heavy atom. The van der Waals surface area contributed by atoms with Crippen LogP contribution in [0.5, 0.6) is 0 Å². The van der Waals surface area contributed by atoms with Gasteiger partial charge in [0.25, 0.3) is 0 Å². The highest BCUT2D eigenvalue weighted by atomic mass is 16.3. The first-order valence-corrected chi connectivity index (χ1v) is 11.2. The Morgan fingerprint density at radius 2 is 1.90 bits per heavy atom. The van der Waals surface area contributed by atoms with Crippen molar-refractivity contribution in [3.8, 4) is 0 Å². The SMILES string of the molecule is Cc1nc(CN2CCN(C(=O)N3CC4(CC(c5nc(C6CC6)n[nH]5)C4)C3)CC2)co1. The fourth-order valence-electron chi connectivity index (χ4n) is 5.34. The number of nitrogens with zero attached hydrogens (tertiary/aromatic N) is 6. The van der Waals surface area contributed by atoms with Gasteiger partial charge in [0.1, 0.15) is 12.1 Å². The summed E-state index contributed by atoms with van der Waals surface area (Å²) in [7, 11) is 0. The molecule has 4 heterocycles. The summed E-state index contributed by atoms with van der Waals surface area (Å²) in [6.07, 6.45) is 6.44. The summed E-state index contributed by atoms with van der Waals surface area (Å²) in [6.45, 7) is 7.77. The molecule has 2 saturated carbocycles. The second-order valence-corrected chi connectivity index (χ2v) is 9.72.